The predicted octanol–water partition coefficient (Wildman–Crippen LogP) is 3.74. The average Bonchev–Trinajstić information content (AvgIpc) is 3.02. The maximum atomic E-state index is 9.22. The Morgan fingerprint density at radius 3 is 3.05 bits per heavy atom. The molecule has 3 rings (SSSR count). The molecular formula is C16H17N3S. The van der Waals surface area contributed by atoms with Gasteiger partial charge in [-0.2, -0.15) is 5.26 Å². The molecule has 20 heavy (non-hydrogen) atoms. The summed E-state index contributed by atoms with van der Waals surface area (Å²) in [5.41, 5.74) is 1.91. The number of piperidine rings is 1. The van der Waals surface area contributed by atoms with E-state index in [-0.39, 0.29) is 0 Å². The molecule has 0 N–H and O–H groups in total. The summed E-state index contributed by atoms with van der Waals surface area (Å²) < 4.78 is 0. The molecule has 1 aromatic carbocycles. The number of benzene rings is 1. The van der Waals surface area contributed by atoms with E-state index in [4.69, 9.17) is 0 Å². The normalized spacial score (nSPS) is 19.6. The summed E-state index contributed by atoms with van der Waals surface area (Å²) in [6.45, 7) is 1.93. The Kier molecular flexibility index (Phi) is 4.10. The number of likely N-dealkylation sites (tertiary alicyclic amines) is 1. The summed E-state index contributed by atoms with van der Waals surface area (Å²) in [4.78, 5) is 6.96. The monoisotopic (exact) mass is 283 g/mol. The van der Waals surface area contributed by atoms with Gasteiger partial charge in [0.15, 0.2) is 0 Å². The fourth-order valence-electron chi connectivity index (χ4n) is 2.84. The van der Waals surface area contributed by atoms with E-state index in [1.165, 1.54) is 24.3 Å². The summed E-state index contributed by atoms with van der Waals surface area (Å²) in [7, 11) is 0. The highest BCUT2D eigenvalue weighted by Crippen LogP contribution is 2.33. The van der Waals surface area contributed by atoms with Crippen molar-refractivity contribution in [1.82, 2.24) is 9.88 Å². The lowest BCUT2D eigenvalue weighted by molar-refractivity contribution is 0.140. The fraction of sp³-hybridized carbons (Fsp3) is 0.375. The zero-order valence-electron chi connectivity index (χ0n) is 11.3. The number of hydrogen-bond acceptors (Lipinski definition) is 4. The minimum Gasteiger partial charge on any atom is -0.290 e. The molecule has 1 aliphatic rings. The van der Waals surface area contributed by atoms with Gasteiger partial charge in [-0.3, -0.25) is 4.90 Å². The third kappa shape index (κ3) is 2.74. The van der Waals surface area contributed by atoms with Crippen LogP contribution in [-0.2, 0) is 6.54 Å². The zero-order valence-corrected chi connectivity index (χ0v) is 12.1. The van der Waals surface area contributed by atoms with Crippen molar-refractivity contribution in [3.05, 3.63) is 52.0 Å². The molecule has 1 fully saturated rings. The molecule has 0 spiro atoms. The summed E-state index contributed by atoms with van der Waals surface area (Å²) >= 11 is 1.74. The van der Waals surface area contributed by atoms with Crippen LogP contribution in [0.2, 0.25) is 0 Å². The quantitative estimate of drug-likeness (QED) is 0.861. The first kappa shape index (κ1) is 13.3. The molecule has 2 heterocycles. The Morgan fingerprint density at radius 1 is 1.35 bits per heavy atom. The SMILES string of the molecule is N#Cc1ccccc1CN1CCCCC1c1nccs1. The molecule has 102 valence electrons. The van der Waals surface area contributed by atoms with Crippen LogP contribution in [0.5, 0.6) is 0 Å². The van der Waals surface area contributed by atoms with Crippen LogP contribution >= 0.6 is 11.3 Å². The van der Waals surface area contributed by atoms with Crippen molar-refractivity contribution in [3.63, 3.8) is 0 Å². The van der Waals surface area contributed by atoms with Crippen molar-refractivity contribution in [2.24, 2.45) is 0 Å². The fourth-order valence-corrected chi connectivity index (χ4v) is 3.65. The Morgan fingerprint density at radius 2 is 2.25 bits per heavy atom. The van der Waals surface area contributed by atoms with Gasteiger partial charge in [0.2, 0.25) is 0 Å². The average molecular weight is 283 g/mol. The molecular weight excluding hydrogens is 266 g/mol. The summed E-state index contributed by atoms with van der Waals surface area (Å²) in [5, 5.41) is 12.5. The molecule has 1 aliphatic heterocycles. The lowest BCUT2D eigenvalue weighted by atomic mass is 10.0. The lowest BCUT2D eigenvalue weighted by Crippen LogP contribution is -2.33. The van der Waals surface area contributed by atoms with Gasteiger partial charge < -0.3 is 0 Å². The van der Waals surface area contributed by atoms with Gasteiger partial charge >= 0.3 is 0 Å². The first-order valence-electron chi connectivity index (χ1n) is 7.00. The Balaban J connectivity index is 1.82. The van der Waals surface area contributed by atoms with Gasteiger partial charge in [-0.15, -0.1) is 11.3 Å². The van der Waals surface area contributed by atoms with Gasteiger partial charge in [0.25, 0.3) is 0 Å². The van der Waals surface area contributed by atoms with Crippen LogP contribution in [0.25, 0.3) is 0 Å². The first-order valence-corrected chi connectivity index (χ1v) is 7.88. The molecule has 3 nitrogen and oxygen atoms in total. The maximum Gasteiger partial charge on any atom is 0.110 e. The number of nitriles is 1. The van der Waals surface area contributed by atoms with Gasteiger partial charge in [-0.25, -0.2) is 4.98 Å². The van der Waals surface area contributed by atoms with Crippen LogP contribution in [0.3, 0.4) is 0 Å². The van der Waals surface area contributed by atoms with E-state index in [1.54, 1.807) is 11.3 Å². The zero-order chi connectivity index (χ0) is 13.8. The third-order valence-electron chi connectivity index (χ3n) is 3.86. The van der Waals surface area contributed by atoms with Crippen LogP contribution < -0.4 is 0 Å². The van der Waals surface area contributed by atoms with E-state index in [0.29, 0.717) is 6.04 Å². The molecule has 0 radical (unpaired) electrons. The van der Waals surface area contributed by atoms with Gasteiger partial charge in [0.1, 0.15) is 5.01 Å². The molecule has 1 aromatic heterocycles. The van der Waals surface area contributed by atoms with Crippen molar-refractivity contribution >= 4 is 11.3 Å². The van der Waals surface area contributed by atoms with Crippen molar-refractivity contribution in [2.45, 2.75) is 31.8 Å². The molecule has 0 saturated carbocycles. The highest BCUT2D eigenvalue weighted by atomic mass is 32.1. The van der Waals surface area contributed by atoms with E-state index in [9.17, 15) is 5.26 Å². The lowest BCUT2D eigenvalue weighted by Gasteiger charge is -2.34. The number of aromatic nitrogens is 1. The molecule has 1 unspecified atom stereocenters. The Bertz CT molecular complexity index is 600. The minimum atomic E-state index is 0.412. The van der Waals surface area contributed by atoms with E-state index < -0.39 is 0 Å². The highest BCUT2D eigenvalue weighted by Gasteiger charge is 2.26. The van der Waals surface area contributed by atoms with Crippen molar-refractivity contribution < 1.29 is 0 Å². The van der Waals surface area contributed by atoms with Gasteiger partial charge in [0, 0.05) is 18.1 Å². The molecule has 0 amide bonds. The number of thiazole rings is 1. The predicted molar refractivity (Wildman–Crippen MR) is 80.3 cm³/mol. The van der Waals surface area contributed by atoms with E-state index in [2.05, 4.69) is 22.0 Å². The van der Waals surface area contributed by atoms with Crippen LogP contribution in [0.4, 0.5) is 0 Å². The van der Waals surface area contributed by atoms with Gasteiger partial charge in [-0.05, 0) is 31.0 Å². The van der Waals surface area contributed by atoms with Crippen LogP contribution in [0, 0.1) is 11.3 Å². The Hall–Kier alpha value is -1.70. The van der Waals surface area contributed by atoms with Crippen molar-refractivity contribution in [2.75, 3.05) is 6.54 Å². The van der Waals surface area contributed by atoms with E-state index in [0.717, 1.165) is 24.2 Å². The number of nitrogens with zero attached hydrogens (tertiary/aromatic N) is 3. The standard InChI is InChI=1S/C16H17N3S/c17-11-13-5-1-2-6-14(13)12-19-9-4-3-7-15(19)16-18-8-10-20-16/h1-2,5-6,8,10,15H,3-4,7,9,12H2. The van der Waals surface area contributed by atoms with Crippen molar-refractivity contribution in [1.29, 1.82) is 5.26 Å². The molecule has 1 atom stereocenters. The number of rotatable bonds is 3. The summed E-state index contributed by atoms with van der Waals surface area (Å²) in [5.74, 6) is 0. The van der Waals surface area contributed by atoms with Crippen molar-refractivity contribution in [3.8, 4) is 6.07 Å². The second kappa shape index (κ2) is 6.17. The largest absolute Gasteiger partial charge is 0.290 e. The maximum absolute atomic E-state index is 9.22. The molecule has 4 heteroatoms. The molecule has 1 saturated heterocycles. The molecule has 0 bridgehead atoms. The van der Waals surface area contributed by atoms with E-state index in [1.807, 2.05) is 29.8 Å². The summed E-state index contributed by atoms with van der Waals surface area (Å²) in [6, 6.07) is 10.6. The molecule has 0 aliphatic carbocycles. The minimum absolute atomic E-state index is 0.412. The second-order valence-corrected chi connectivity index (χ2v) is 6.05. The third-order valence-corrected chi connectivity index (χ3v) is 4.74. The highest BCUT2D eigenvalue weighted by molar-refractivity contribution is 7.09. The smallest absolute Gasteiger partial charge is 0.110 e. The van der Waals surface area contributed by atoms with E-state index >= 15 is 0 Å². The van der Waals surface area contributed by atoms with Crippen LogP contribution in [0.15, 0.2) is 35.8 Å². The first-order chi connectivity index (χ1) is 9.88. The molecule has 2 aromatic rings. The second-order valence-electron chi connectivity index (χ2n) is 5.12. The summed E-state index contributed by atoms with van der Waals surface area (Å²) in [6.07, 6.45) is 5.55. The number of hydrogen-bond donors (Lipinski definition) is 0. The van der Waals surface area contributed by atoms with Crippen LogP contribution in [-0.4, -0.2) is 16.4 Å². The topological polar surface area (TPSA) is 39.9 Å². The van der Waals surface area contributed by atoms with Gasteiger partial charge in [0.05, 0.1) is 17.7 Å². The Labute approximate surface area is 123 Å². The van der Waals surface area contributed by atoms with Gasteiger partial charge in [-0.1, -0.05) is 24.6 Å². The van der Waals surface area contributed by atoms with Crippen LogP contribution in [0.1, 0.15) is 41.4 Å².